The molecule has 1 N–H and O–H groups in total. The van der Waals surface area contributed by atoms with Crippen molar-refractivity contribution < 1.29 is 9.59 Å². The molecule has 1 aliphatic heterocycles. The molecule has 0 unspecified atom stereocenters. The van der Waals surface area contributed by atoms with Crippen LogP contribution in [0.2, 0.25) is 0 Å². The Hall–Kier alpha value is -1.87. The molecule has 2 aromatic heterocycles. The van der Waals surface area contributed by atoms with Crippen LogP contribution in [0.5, 0.6) is 0 Å². The van der Waals surface area contributed by atoms with Gasteiger partial charge in [0, 0.05) is 32.6 Å². The second-order valence-corrected chi connectivity index (χ2v) is 9.58. The lowest BCUT2D eigenvalue weighted by Crippen LogP contribution is -2.51. The topological polar surface area (TPSA) is 82.2 Å². The smallest absolute Gasteiger partial charge is 0.264 e. The van der Waals surface area contributed by atoms with Crippen molar-refractivity contribution in [1.29, 1.82) is 0 Å². The summed E-state index contributed by atoms with van der Waals surface area (Å²) in [5.74, 6) is 2.23. The van der Waals surface area contributed by atoms with Crippen LogP contribution in [0.15, 0.2) is 22.7 Å². The minimum absolute atomic E-state index is 0.0623. The second kappa shape index (κ2) is 9.75. The first-order valence-electron chi connectivity index (χ1n) is 10.3. The molecule has 2 aliphatic rings. The molecule has 7 nitrogen and oxygen atoms in total. The molecule has 3 heterocycles. The average Bonchev–Trinajstić information content (AvgIpc) is 3.52. The number of thiophene rings is 1. The van der Waals surface area contributed by atoms with Crippen LogP contribution in [0.3, 0.4) is 0 Å². The molecule has 0 atom stereocenters. The fourth-order valence-electron chi connectivity index (χ4n) is 4.03. The van der Waals surface area contributed by atoms with Crippen molar-refractivity contribution in [3.8, 4) is 0 Å². The lowest BCUT2D eigenvalue weighted by Gasteiger charge is -2.34. The van der Waals surface area contributed by atoms with Gasteiger partial charge in [0.25, 0.3) is 5.91 Å². The molecule has 4 rings (SSSR count). The van der Waals surface area contributed by atoms with E-state index < -0.39 is 0 Å². The van der Waals surface area contributed by atoms with Gasteiger partial charge in [-0.05, 0) is 23.8 Å². The highest BCUT2D eigenvalue weighted by molar-refractivity contribution is 7.99. The van der Waals surface area contributed by atoms with Crippen molar-refractivity contribution in [1.82, 2.24) is 25.0 Å². The maximum Gasteiger partial charge on any atom is 0.264 e. The number of thioether (sulfide) groups is 1. The van der Waals surface area contributed by atoms with Gasteiger partial charge in [-0.3, -0.25) is 14.7 Å². The predicted molar refractivity (Wildman–Crippen MR) is 114 cm³/mol. The van der Waals surface area contributed by atoms with Gasteiger partial charge in [-0.2, -0.15) is 0 Å². The summed E-state index contributed by atoms with van der Waals surface area (Å²) in [6.07, 6.45) is 7.52. The maximum atomic E-state index is 12.5. The van der Waals surface area contributed by atoms with Crippen LogP contribution >= 0.6 is 23.1 Å². The highest BCUT2D eigenvalue weighted by atomic mass is 32.2. The number of hydrogen-bond acceptors (Lipinski definition) is 6. The van der Waals surface area contributed by atoms with E-state index in [0.717, 1.165) is 23.0 Å². The number of H-pyrrole nitrogens is 1. The molecule has 2 fully saturated rings. The Bertz CT molecular complexity index is 809. The van der Waals surface area contributed by atoms with E-state index in [1.807, 2.05) is 27.3 Å². The predicted octanol–water partition coefficient (Wildman–Crippen LogP) is 3.07. The van der Waals surface area contributed by atoms with E-state index in [4.69, 9.17) is 0 Å². The van der Waals surface area contributed by atoms with Gasteiger partial charge in [0.05, 0.1) is 10.6 Å². The SMILES string of the molecule is O=C(CSc1n[nH]c(CCC2CCCC2)n1)N1CCN(C(=O)c2cccs2)CC1. The van der Waals surface area contributed by atoms with Crippen molar-refractivity contribution in [2.75, 3.05) is 31.9 Å². The molecular formula is C20H27N5O2S2. The molecular weight excluding hydrogens is 406 g/mol. The summed E-state index contributed by atoms with van der Waals surface area (Å²) in [5.41, 5.74) is 0. The number of amides is 2. The Morgan fingerprint density at radius 3 is 2.66 bits per heavy atom. The van der Waals surface area contributed by atoms with E-state index in [9.17, 15) is 9.59 Å². The molecule has 0 bridgehead atoms. The Morgan fingerprint density at radius 1 is 1.17 bits per heavy atom. The second-order valence-electron chi connectivity index (χ2n) is 7.69. The molecule has 0 radical (unpaired) electrons. The molecule has 0 spiro atoms. The van der Waals surface area contributed by atoms with Gasteiger partial charge in [0.1, 0.15) is 5.82 Å². The number of nitrogens with zero attached hydrogens (tertiary/aromatic N) is 4. The van der Waals surface area contributed by atoms with Crippen LogP contribution in [0.25, 0.3) is 0 Å². The van der Waals surface area contributed by atoms with Crippen molar-refractivity contribution in [3.05, 3.63) is 28.2 Å². The first kappa shape index (κ1) is 20.4. The number of aromatic nitrogens is 3. The first-order valence-corrected chi connectivity index (χ1v) is 12.2. The van der Waals surface area contributed by atoms with Gasteiger partial charge in [0.15, 0.2) is 0 Å². The summed E-state index contributed by atoms with van der Waals surface area (Å²) in [5, 5.41) is 9.82. The molecule has 2 amide bonds. The molecule has 1 saturated heterocycles. The molecule has 156 valence electrons. The van der Waals surface area contributed by atoms with E-state index in [1.165, 1.54) is 55.2 Å². The summed E-state index contributed by atoms with van der Waals surface area (Å²) >= 11 is 2.84. The quantitative estimate of drug-likeness (QED) is 0.679. The highest BCUT2D eigenvalue weighted by Crippen LogP contribution is 2.28. The zero-order valence-corrected chi connectivity index (χ0v) is 18.1. The van der Waals surface area contributed by atoms with Gasteiger partial charge in [-0.15, -0.1) is 16.4 Å². The summed E-state index contributed by atoms with van der Waals surface area (Å²) in [7, 11) is 0. The molecule has 1 aliphatic carbocycles. The van der Waals surface area contributed by atoms with Crippen LogP contribution in [0, 0.1) is 5.92 Å². The summed E-state index contributed by atoms with van der Waals surface area (Å²) in [4.78, 5) is 33.9. The monoisotopic (exact) mass is 433 g/mol. The molecule has 0 aromatic carbocycles. The molecule has 29 heavy (non-hydrogen) atoms. The van der Waals surface area contributed by atoms with Crippen LogP contribution < -0.4 is 0 Å². The van der Waals surface area contributed by atoms with E-state index in [1.54, 1.807) is 0 Å². The summed E-state index contributed by atoms with van der Waals surface area (Å²) < 4.78 is 0. The third-order valence-corrected chi connectivity index (χ3v) is 7.44. The number of aryl methyl sites for hydroxylation is 1. The van der Waals surface area contributed by atoms with Gasteiger partial charge in [-0.1, -0.05) is 43.5 Å². The minimum Gasteiger partial charge on any atom is -0.338 e. The van der Waals surface area contributed by atoms with E-state index >= 15 is 0 Å². The number of carbonyl (C=O) groups is 2. The third kappa shape index (κ3) is 5.39. The van der Waals surface area contributed by atoms with Crippen LogP contribution in [-0.4, -0.2) is 68.7 Å². The zero-order valence-electron chi connectivity index (χ0n) is 16.5. The van der Waals surface area contributed by atoms with E-state index in [2.05, 4.69) is 15.2 Å². The summed E-state index contributed by atoms with van der Waals surface area (Å²) in [6, 6.07) is 3.73. The third-order valence-electron chi connectivity index (χ3n) is 5.75. The minimum atomic E-state index is 0.0623. The lowest BCUT2D eigenvalue weighted by atomic mass is 10.0. The largest absolute Gasteiger partial charge is 0.338 e. The fourth-order valence-corrected chi connectivity index (χ4v) is 5.44. The molecule has 1 saturated carbocycles. The number of aromatic amines is 1. The standard InChI is InChI=1S/C20H27N5O2S2/c26-18(24-9-11-25(12-10-24)19(27)16-6-3-13-28-16)14-29-20-21-17(22-23-20)8-7-15-4-1-2-5-15/h3,6,13,15H,1-2,4-5,7-12,14H2,(H,21,22,23). The molecule has 2 aromatic rings. The van der Waals surface area contributed by atoms with E-state index in [0.29, 0.717) is 37.1 Å². The van der Waals surface area contributed by atoms with Crippen molar-refractivity contribution in [2.45, 2.75) is 43.7 Å². The first-order chi connectivity index (χ1) is 14.2. The van der Waals surface area contributed by atoms with E-state index in [-0.39, 0.29) is 11.8 Å². The van der Waals surface area contributed by atoms with Gasteiger partial charge in [0.2, 0.25) is 11.1 Å². The van der Waals surface area contributed by atoms with Crippen LogP contribution in [0.1, 0.15) is 47.6 Å². The zero-order chi connectivity index (χ0) is 20.1. The number of nitrogens with one attached hydrogen (secondary N) is 1. The van der Waals surface area contributed by atoms with Crippen LogP contribution in [0.4, 0.5) is 0 Å². The number of carbonyl (C=O) groups excluding carboxylic acids is 2. The summed E-state index contributed by atoms with van der Waals surface area (Å²) in [6.45, 7) is 2.33. The number of piperazine rings is 1. The Labute approximate surface area is 179 Å². The highest BCUT2D eigenvalue weighted by Gasteiger charge is 2.25. The Balaban J connectivity index is 1.18. The van der Waals surface area contributed by atoms with Crippen molar-refractivity contribution in [3.63, 3.8) is 0 Å². The Kier molecular flexibility index (Phi) is 6.86. The van der Waals surface area contributed by atoms with Crippen molar-refractivity contribution in [2.24, 2.45) is 5.92 Å². The Morgan fingerprint density at radius 2 is 1.93 bits per heavy atom. The normalized spacial score (nSPS) is 17.8. The maximum absolute atomic E-state index is 12.5. The number of rotatable bonds is 7. The molecule has 9 heteroatoms. The van der Waals surface area contributed by atoms with Crippen LogP contribution in [-0.2, 0) is 11.2 Å². The number of hydrogen-bond donors (Lipinski definition) is 1. The average molecular weight is 434 g/mol. The van der Waals surface area contributed by atoms with Gasteiger partial charge < -0.3 is 9.80 Å². The van der Waals surface area contributed by atoms with Gasteiger partial charge >= 0.3 is 0 Å². The fraction of sp³-hybridized carbons (Fsp3) is 0.600. The lowest BCUT2D eigenvalue weighted by molar-refractivity contribution is -0.129. The van der Waals surface area contributed by atoms with Gasteiger partial charge in [-0.25, -0.2) is 4.98 Å². The van der Waals surface area contributed by atoms with Crippen molar-refractivity contribution >= 4 is 34.9 Å².